The molecule has 0 aliphatic rings. The van der Waals surface area contributed by atoms with E-state index in [9.17, 15) is 0 Å². The van der Waals surface area contributed by atoms with Crippen LogP contribution in [0.15, 0.2) is 23.8 Å². The van der Waals surface area contributed by atoms with E-state index < -0.39 is 0 Å². The molecule has 2 nitrogen and oxygen atoms in total. The molecule has 0 radical (unpaired) electrons. The van der Waals surface area contributed by atoms with Crippen LogP contribution in [-0.2, 0) is 0 Å². The lowest BCUT2D eigenvalue weighted by atomic mass is 10.0. The molecule has 0 heterocycles. The van der Waals surface area contributed by atoms with Crippen molar-refractivity contribution in [3.63, 3.8) is 0 Å². The molecule has 0 saturated heterocycles. The van der Waals surface area contributed by atoms with E-state index in [1.807, 2.05) is 25.2 Å². The quantitative estimate of drug-likeness (QED) is 0.866. The number of ether oxygens (including phenoxy) is 1. The van der Waals surface area contributed by atoms with Gasteiger partial charge in [0.1, 0.15) is 5.75 Å². The molecule has 0 amide bonds. The van der Waals surface area contributed by atoms with E-state index in [1.54, 1.807) is 7.11 Å². The molecule has 17 heavy (non-hydrogen) atoms. The minimum absolute atomic E-state index is 0.517. The molecule has 0 aliphatic heterocycles. The fourth-order valence-corrected chi connectivity index (χ4v) is 1.88. The molecule has 0 bridgehead atoms. The lowest BCUT2D eigenvalue weighted by Gasteiger charge is -2.11. The fraction of sp³-hybridized carbons (Fsp3) is 0.429. The van der Waals surface area contributed by atoms with E-state index in [1.165, 1.54) is 5.57 Å². The summed E-state index contributed by atoms with van der Waals surface area (Å²) >= 11 is 6.10. The maximum atomic E-state index is 6.10. The number of rotatable bonds is 5. The molecule has 0 aromatic heterocycles. The second-order valence-electron chi connectivity index (χ2n) is 4.30. The summed E-state index contributed by atoms with van der Waals surface area (Å²) < 4.78 is 5.13. The molecule has 94 valence electrons. The molecular weight excluding hydrogens is 234 g/mol. The second-order valence-corrected chi connectivity index (χ2v) is 4.71. The predicted octanol–water partition coefficient (Wildman–Crippen LogP) is 3.61. The third-order valence-electron chi connectivity index (χ3n) is 2.65. The van der Waals surface area contributed by atoms with Gasteiger partial charge in [-0.15, -0.1) is 0 Å². The van der Waals surface area contributed by atoms with Crippen LogP contribution in [0.25, 0.3) is 6.08 Å². The zero-order chi connectivity index (χ0) is 12.8. The molecule has 0 fully saturated rings. The van der Waals surface area contributed by atoms with Crippen molar-refractivity contribution in [3.8, 4) is 5.75 Å². The number of benzene rings is 1. The summed E-state index contributed by atoms with van der Waals surface area (Å²) in [4.78, 5) is 0. The molecule has 1 N–H and O–H groups in total. The van der Waals surface area contributed by atoms with Crippen molar-refractivity contribution < 1.29 is 4.74 Å². The number of hydrogen-bond donors (Lipinski definition) is 1. The largest absolute Gasteiger partial charge is 0.495 e. The summed E-state index contributed by atoms with van der Waals surface area (Å²) in [7, 11) is 3.58. The van der Waals surface area contributed by atoms with Crippen LogP contribution in [-0.4, -0.2) is 20.7 Å². The Balaban J connectivity index is 2.99. The van der Waals surface area contributed by atoms with Crippen LogP contribution in [0.3, 0.4) is 0 Å². The number of halogens is 1. The highest BCUT2D eigenvalue weighted by Gasteiger charge is 2.04. The van der Waals surface area contributed by atoms with Crippen LogP contribution in [0.2, 0.25) is 5.02 Å². The minimum atomic E-state index is 0.517. The van der Waals surface area contributed by atoms with Crippen molar-refractivity contribution >= 4 is 17.7 Å². The summed E-state index contributed by atoms with van der Waals surface area (Å²) in [6.07, 6.45) is 2.17. The third-order valence-corrected chi connectivity index (χ3v) is 2.95. The van der Waals surface area contributed by atoms with E-state index in [0.29, 0.717) is 16.7 Å². The van der Waals surface area contributed by atoms with Crippen LogP contribution in [0.1, 0.15) is 19.4 Å². The van der Waals surface area contributed by atoms with Crippen LogP contribution in [0.5, 0.6) is 5.75 Å². The monoisotopic (exact) mass is 253 g/mol. The van der Waals surface area contributed by atoms with Gasteiger partial charge >= 0.3 is 0 Å². The highest BCUT2D eigenvalue weighted by molar-refractivity contribution is 6.32. The molecule has 0 atom stereocenters. The Hall–Kier alpha value is -0.990. The minimum Gasteiger partial charge on any atom is -0.495 e. The van der Waals surface area contributed by atoms with E-state index in [4.69, 9.17) is 16.3 Å². The van der Waals surface area contributed by atoms with E-state index in [-0.39, 0.29) is 0 Å². The van der Waals surface area contributed by atoms with Crippen molar-refractivity contribution in [1.82, 2.24) is 5.32 Å². The highest BCUT2D eigenvalue weighted by Crippen LogP contribution is 2.26. The molecule has 0 unspecified atom stereocenters. The normalized spacial score (nSPS) is 12.0. The molecule has 1 aromatic rings. The SMILES string of the molecule is CNCC(=Cc1ccc(OC)c(Cl)c1)C(C)C. The predicted molar refractivity (Wildman–Crippen MR) is 74.7 cm³/mol. The van der Waals surface area contributed by atoms with Gasteiger partial charge in [0, 0.05) is 6.54 Å². The standard InChI is InChI=1S/C14H20ClNO/c1-10(2)12(9-16-3)7-11-5-6-14(17-4)13(15)8-11/h5-8,10,16H,9H2,1-4H3. The Morgan fingerprint density at radius 3 is 2.65 bits per heavy atom. The van der Waals surface area contributed by atoms with Gasteiger partial charge in [0.15, 0.2) is 0 Å². The average Bonchev–Trinajstić information content (AvgIpc) is 2.28. The van der Waals surface area contributed by atoms with Crippen LogP contribution in [0.4, 0.5) is 0 Å². The van der Waals surface area contributed by atoms with Crippen molar-refractivity contribution in [2.75, 3.05) is 20.7 Å². The molecule has 1 rings (SSSR count). The summed E-state index contributed by atoms with van der Waals surface area (Å²) in [6.45, 7) is 5.27. The van der Waals surface area contributed by atoms with E-state index in [0.717, 1.165) is 12.1 Å². The zero-order valence-corrected chi connectivity index (χ0v) is 11.6. The van der Waals surface area contributed by atoms with Crippen molar-refractivity contribution in [3.05, 3.63) is 34.4 Å². The van der Waals surface area contributed by atoms with E-state index >= 15 is 0 Å². The Kier molecular flexibility index (Phi) is 5.52. The topological polar surface area (TPSA) is 21.3 Å². The first-order valence-electron chi connectivity index (χ1n) is 5.77. The first-order valence-corrected chi connectivity index (χ1v) is 6.15. The van der Waals surface area contributed by atoms with Crippen molar-refractivity contribution in [2.24, 2.45) is 5.92 Å². The van der Waals surface area contributed by atoms with Gasteiger partial charge in [-0.05, 0) is 30.7 Å². The maximum Gasteiger partial charge on any atom is 0.137 e. The number of nitrogens with one attached hydrogen (secondary N) is 1. The third kappa shape index (κ3) is 4.06. The highest BCUT2D eigenvalue weighted by atomic mass is 35.5. The van der Waals surface area contributed by atoms with Gasteiger partial charge in [-0.3, -0.25) is 0 Å². The van der Waals surface area contributed by atoms with Gasteiger partial charge in [-0.1, -0.05) is 43.2 Å². The van der Waals surface area contributed by atoms with Gasteiger partial charge in [0.2, 0.25) is 0 Å². The molecule has 3 heteroatoms. The second kappa shape index (κ2) is 6.67. The van der Waals surface area contributed by atoms with Gasteiger partial charge in [0.05, 0.1) is 12.1 Å². The number of hydrogen-bond acceptors (Lipinski definition) is 2. The Bertz CT molecular complexity index is 399. The molecule has 0 spiro atoms. The molecule has 0 saturated carbocycles. The van der Waals surface area contributed by atoms with Crippen molar-refractivity contribution in [1.29, 1.82) is 0 Å². The Morgan fingerprint density at radius 1 is 1.47 bits per heavy atom. The molecular formula is C14H20ClNO. The first-order chi connectivity index (χ1) is 8.08. The molecule has 1 aromatic carbocycles. The molecule has 0 aliphatic carbocycles. The Morgan fingerprint density at radius 2 is 2.18 bits per heavy atom. The van der Waals surface area contributed by atoms with Gasteiger partial charge in [0.25, 0.3) is 0 Å². The first kappa shape index (κ1) is 14.1. The zero-order valence-electron chi connectivity index (χ0n) is 10.9. The van der Waals surface area contributed by atoms with Crippen LogP contribution in [0, 0.1) is 5.92 Å². The number of methoxy groups -OCH3 is 1. The summed E-state index contributed by atoms with van der Waals surface area (Å²) in [5.74, 6) is 1.23. The maximum absolute atomic E-state index is 6.10. The van der Waals surface area contributed by atoms with Gasteiger partial charge in [-0.25, -0.2) is 0 Å². The van der Waals surface area contributed by atoms with Crippen LogP contribution < -0.4 is 10.1 Å². The average molecular weight is 254 g/mol. The smallest absolute Gasteiger partial charge is 0.137 e. The fourth-order valence-electron chi connectivity index (χ4n) is 1.61. The van der Waals surface area contributed by atoms with Crippen LogP contribution >= 0.6 is 11.6 Å². The Labute approximate surface area is 109 Å². The lowest BCUT2D eigenvalue weighted by molar-refractivity contribution is 0.415. The van der Waals surface area contributed by atoms with Crippen molar-refractivity contribution in [2.45, 2.75) is 13.8 Å². The summed E-state index contributed by atoms with van der Waals surface area (Å²) in [5, 5.41) is 3.83. The van der Waals surface area contributed by atoms with E-state index in [2.05, 4.69) is 25.2 Å². The lowest BCUT2D eigenvalue weighted by Crippen LogP contribution is -2.13. The summed E-state index contributed by atoms with van der Waals surface area (Å²) in [5.41, 5.74) is 2.46. The number of likely N-dealkylation sites (N-methyl/N-ethyl adjacent to an activating group) is 1. The van der Waals surface area contributed by atoms with Gasteiger partial charge < -0.3 is 10.1 Å². The summed E-state index contributed by atoms with van der Waals surface area (Å²) in [6, 6.07) is 5.84. The van der Waals surface area contributed by atoms with Gasteiger partial charge in [-0.2, -0.15) is 0 Å².